The lowest BCUT2D eigenvalue weighted by molar-refractivity contribution is -0.383. The van der Waals surface area contributed by atoms with Crippen molar-refractivity contribution in [3.63, 3.8) is 0 Å². The summed E-state index contributed by atoms with van der Waals surface area (Å²) in [6, 6.07) is 9.42. The molecule has 7 heteroatoms. The molecule has 0 spiro atoms. The number of benzene rings is 2. The Morgan fingerprint density at radius 3 is 2.38 bits per heavy atom. The number of hydrogen-bond acceptors (Lipinski definition) is 6. The first kappa shape index (κ1) is 14.4. The number of nitro benzene ring substituents is 1. The maximum Gasteiger partial charge on any atom is 0.294 e. The second-order valence-corrected chi connectivity index (χ2v) is 4.79. The Bertz CT molecular complexity index is 687. The molecule has 2 aromatic carbocycles. The fraction of sp³-hybridized carbons (Fsp3) is 0.143. The second kappa shape index (κ2) is 5.58. The van der Waals surface area contributed by atoms with Gasteiger partial charge in [-0.25, -0.2) is 0 Å². The highest BCUT2D eigenvalue weighted by Gasteiger charge is 2.17. The van der Waals surface area contributed by atoms with E-state index < -0.39 is 4.92 Å². The molecule has 2 aromatic rings. The minimum atomic E-state index is -0.478. The van der Waals surface area contributed by atoms with Crippen molar-refractivity contribution >= 4 is 28.4 Å². The zero-order valence-electron chi connectivity index (χ0n) is 11.5. The topological polar surface area (TPSA) is 133 Å². The SMILES string of the molecule is CC(Nc1ccc(N)cc1[N+](=O)[O-])c1cc(N)ccc1N. The molecule has 2 rings (SSSR count). The third kappa shape index (κ3) is 3.14. The maximum atomic E-state index is 11.1. The zero-order valence-corrected chi connectivity index (χ0v) is 11.5. The van der Waals surface area contributed by atoms with Crippen LogP contribution in [0.25, 0.3) is 0 Å². The molecule has 0 saturated heterocycles. The molecule has 0 aliphatic heterocycles. The number of hydrogen-bond donors (Lipinski definition) is 4. The molecular weight excluding hydrogens is 270 g/mol. The molecule has 0 bridgehead atoms. The largest absolute Gasteiger partial charge is 0.399 e. The predicted octanol–water partition coefficient (Wildman–Crippen LogP) is 2.51. The van der Waals surface area contributed by atoms with E-state index in [1.807, 2.05) is 6.92 Å². The van der Waals surface area contributed by atoms with Crippen LogP contribution in [0.5, 0.6) is 0 Å². The molecule has 21 heavy (non-hydrogen) atoms. The number of nitrogens with two attached hydrogens (primary N) is 3. The van der Waals surface area contributed by atoms with Crippen LogP contribution in [0.1, 0.15) is 18.5 Å². The summed E-state index contributed by atoms with van der Waals surface area (Å²) < 4.78 is 0. The second-order valence-electron chi connectivity index (χ2n) is 4.79. The Morgan fingerprint density at radius 2 is 1.71 bits per heavy atom. The normalized spacial score (nSPS) is 11.9. The fourth-order valence-corrected chi connectivity index (χ4v) is 2.10. The van der Waals surface area contributed by atoms with E-state index in [-0.39, 0.29) is 11.7 Å². The lowest BCUT2D eigenvalue weighted by Gasteiger charge is -2.18. The number of nitrogens with zero attached hydrogens (tertiary/aromatic N) is 1. The lowest BCUT2D eigenvalue weighted by atomic mass is 10.0. The van der Waals surface area contributed by atoms with Gasteiger partial charge in [-0.3, -0.25) is 10.1 Å². The minimum Gasteiger partial charge on any atom is -0.399 e. The van der Waals surface area contributed by atoms with Crippen LogP contribution >= 0.6 is 0 Å². The summed E-state index contributed by atoms with van der Waals surface area (Å²) in [6.07, 6.45) is 0. The third-order valence-electron chi connectivity index (χ3n) is 3.17. The molecule has 0 fully saturated rings. The van der Waals surface area contributed by atoms with Crippen LogP contribution in [0, 0.1) is 10.1 Å². The van der Waals surface area contributed by atoms with Gasteiger partial charge in [0, 0.05) is 23.1 Å². The van der Waals surface area contributed by atoms with E-state index in [1.54, 1.807) is 30.3 Å². The number of nitro groups is 1. The summed E-state index contributed by atoms with van der Waals surface area (Å²) in [6.45, 7) is 1.85. The molecule has 0 aromatic heterocycles. The van der Waals surface area contributed by atoms with Gasteiger partial charge in [-0.05, 0) is 42.8 Å². The van der Waals surface area contributed by atoms with Crippen LogP contribution in [0.2, 0.25) is 0 Å². The summed E-state index contributed by atoms with van der Waals surface area (Å²) >= 11 is 0. The highest BCUT2D eigenvalue weighted by atomic mass is 16.6. The first-order valence-corrected chi connectivity index (χ1v) is 6.34. The van der Waals surface area contributed by atoms with Crippen molar-refractivity contribution in [3.05, 3.63) is 52.1 Å². The molecule has 0 aliphatic carbocycles. The van der Waals surface area contributed by atoms with Crippen LogP contribution in [0.3, 0.4) is 0 Å². The maximum absolute atomic E-state index is 11.1. The van der Waals surface area contributed by atoms with Gasteiger partial charge >= 0.3 is 0 Å². The Labute approximate surface area is 121 Å². The summed E-state index contributed by atoms with van der Waals surface area (Å²) in [5.74, 6) is 0. The summed E-state index contributed by atoms with van der Waals surface area (Å²) in [5, 5.41) is 14.1. The van der Waals surface area contributed by atoms with Crippen molar-refractivity contribution in [1.29, 1.82) is 0 Å². The van der Waals surface area contributed by atoms with Crippen molar-refractivity contribution in [1.82, 2.24) is 0 Å². The van der Waals surface area contributed by atoms with Crippen molar-refractivity contribution < 1.29 is 4.92 Å². The quantitative estimate of drug-likeness (QED) is 0.388. The van der Waals surface area contributed by atoms with Gasteiger partial charge in [0.25, 0.3) is 5.69 Å². The monoisotopic (exact) mass is 287 g/mol. The first-order valence-electron chi connectivity index (χ1n) is 6.34. The van der Waals surface area contributed by atoms with Crippen LogP contribution < -0.4 is 22.5 Å². The smallest absolute Gasteiger partial charge is 0.294 e. The van der Waals surface area contributed by atoms with Crippen LogP contribution in [0.15, 0.2) is 36.4 Å². The van der Waals surface area contributed by atoms with E-state index in [9.17, 15) is 10.1 Å². The zero-order chi connectivity index (χ0) is 15.6. The molecule has 0 aliphatic rings. The third-order valence-corrected chi connectivity index (χ3v) is 3.17. The fourth-order valence-electron chi connectivity index (χ4n) is 2.10. The van der Waals surface area contributed by atoms with Gasteiger partial charge in [0.1, 0.15) is 5.69 Å². The standard InChI is InChI=1S/C14H17N5O2/c1-8(11-6-9(15)2-4-12(11)17)18-13-5-3-10(16)7-14(13)19(20)21/h2-8,18H,15-17H2,1H3. The number of nitrogen functional groups attached to an aromatic ring is 3. The van der Waals surface area contributed by atoms with Gasteiger partial charge in [0.2, 0.25) is 0 Å². The summed E-state index contributed by atoms with van der Waals surface area (Å²) in [5.41, 5.74) is 19.8. The average Bonchev–Trinajstić information content (AvgIpc) is 2.43. The Kier molecular flexibility index (Phi) is 3.84. The van der Waals surface area contributed by atoms with Crippen molar-refractivity contribution in [2.75, 3.05) is 22.5 Å². The van der Waals surface area contributed by atoms with Gasteiger partial charge in [-0.15, -0.1) is 0 Å². The molecule has 0 saturated carbocycles. The number of anilines is 4. The molecule has 0 radical (unpaired) electrons. The van der Waals surface area contributed by atoms with Gasteiger partial charge in [0.05, 0.1) is 11.0 Å². The van der Waals surface area contributed by atoms with Crippen LogP contribution in [-0.2, 0) is 0 Å². The van der Waals surface area contributed by atoms with Gasteiger partial charge in [0.15, 0.2) is 0 Å². The Hall–Kier alpha value is -2.96. The highest BCUT2D eigenvalue weighted by molar-refractivity contribution is 5.68. The lowest BCUT2D eigenvalue weighted by Crippen LogP contribution is -2.11. The van der Waals surface area contributed by atoms with E-state index in [1.165, 1.54) is 6.07 Å². The van der Waals surface area contributed by atoms with Crippen LogP contribution in [0.4, 0.5) is 28.4 Å². The molecule has 0 heterocycles. The van der Waals surface area contributed by atoms with Gasteiger partial charge in [-0.2, -0.15) is 0 Å². The Morgan fingerprint density at radius 1 is 1.10 bits per heavy atom. The molecule has 0 amide bonds. The van der Waals surface area contributed by atoms with Crippen LogP contribution in [-0.4, -0.2) is 4.92 Å². The van der Waals surface area contributed by atoms with Crippen molar-refractivity contribution in [2.45, 2.75) is 13.0 Å². The van der Waals surface area contributed by atoms with E-state index in [0.717, 1.165) is 5.56 Å². The highest BCUT2D eigenvalue weighted by Crippen LogP contribution is 2.32. The number of rotatable bonds is 4. The van der Waals surface area contributed by atoms with Crippen molar-refractivity contribution in [3.8, 4) is 0 Å². The molecule has 7 N–H and O–H groups in total. The van der Waals surface area contributed by atoms with Crippen molar-refractivity contribution in [2.24, 2.45) is 0 Å². The van der Waals surface area contributed by atoms with E-state index in [0.29, 0.717) is 22.7 Å². The molecule has 7 nitrogen and oxygen atoms in total. The molecule has 1 atom stereocenters. The number of nitrogens with one attached hydrogen (secondary N) is 1. The van der Waals surface area contributed by atoms with Gasteiger partial charge < -0.3 is 22.5 Å². The van der Waals surface area contributed by atoms with E-state index in [4.69, 9.17) is 17.2 Å². The summed E-state index contributed by atoms with van der Waals surface area (Å²) in [7, 11) is 0. The Balaban J connectivity index is 2.33. The average molecular weight is 287 g/mol. The van der Waals surface area contributed by atoms with E-state index in [2.05, 4.69) is 5.32 Å². The summed E-state index contributed by atoms with van der Waals surface area (Å²) in [4.78, 5) is 10.6. The van der Waals surface area contributed by atoms with Gasteiger partial charge in [-0.1, -0.05) is 0 Å². The molecule has 110 valence electrons. The minimum absolute atomic E-state index is 0.0793. The first-order chi connectivity index (χ1) is 9.88. The predicted molar refractivity (Wildman–Crippen MR) is 84.8 cm³/mol. The molecule has 1 unspecified atom stereocenters. The molecular formula is C14H17N5O2. The van der Waals surface area contributed by atoms with E-state index >= 15 is 0 Å².